The zero-order valence-electron chi connectivity index (χ0n) is 12.1. The van der Waals surface area contributed by atoms with Crippen molar-refractivity contribution in [3.8, 4) is 5.75 Å². The molecule has 0 bridgehead atoms. The third-order valence-corrected chi connectivity index (χ3v) is 3.13. The maximum atomic E-state index is 12.0. The van der Waals surface area contributed by atoms with Crippen molar-refractivity contribution in [3.63, 3.8) is 0 Å². The minimum Gasteiger partial charge on any atom is -0.508 e. The third-order valence-electron chi connectivity index (χ3n) is 3.13. The fraction of sp³-hybridized carbons (Fsp3) is 0.467. The van der Waals surface area contributed by atoms with Crippen LogP contribution in [0.1, 0.15) is 31.7 Å². The van der Waals surface area contributed by atoms with E-state index >= 15 is 0 Å². The Labute approximate surface area is 124 Å². The second kappa shape index (κ2) is 8.26. The minimum absolute atomic E-state index is 0.106. The molecule has 5 N–H and O–H groups in total. The molecule has 6 heteroatoms. The molecule has 1 aromatic rings. The fourth-order valence-corrected chi connectivity index (χ4v) is 2.07. The normalized spacial score (nSPS) is 13.4. The SMILES string of the molecule is CCCC(CC(=O)O)NC(=O)C(N)Cc1ccc(O)cc1. The number of rotatable bonds is 8. The van der Waals surface area contributed by atoms with E-state index in [2.05, 4.69) is 5.32 Å². The minimum atomic E-state index is -0.944. The molecular weight excluding hydrogens is 272 g/mol. The topological polar surface area (TPSA) is 113 Å². The van der Waals surface area contributed by atoms with Gasteiger partial charge in [0.05, 0.1) is 12.5 Å². The van der Waals surface area contributed by atoms with Crippen LogP contribution in [0.25, 0.3) is 0 Å². The number of carbonyl (C=O) groups excluding carboxylic acids is 1. The van der Waals surface area contributed by atoms with Crippen molar-refractivity contribution >= 4 is 11.9 Å². The summed E-state index contributed by atoms with van der Waals surface area (Å²) in [6, 6.07) is 5.31. The summed E-state index contributed by atoms with van der Waals surface area (Å²) in [4.78, 5) is 22.8. The van der Waals surface area contributed by atoms with Gasteiger partial charge >= 0.3 is 5.97 Å². The van der Waals surface area contributed by atoms with Crippen LogP contribution in [-0.2, 0) is 16.0 Å². The smallest absolute Gasteiger partial charge is 0.305 e. The molecule has 1 amide bonds. The van der Waals surface area contributed by atoms with Crippen LogP contribution < -0.4 is 11.1 Å². The number of carboxylic acids is 1. The van der Waals surface area contributed by atoms with Gasteiger partial charge in [0.15, 0.2) is 0 Å². The van der Waals surface area contributed by atoms with E-state index < -0.39 is 18.1 Å². The van der Waals surface area contributed by atoms with Gasteiger partial charge in [-0.3, -0.25) is 9.59 Å². The van der Waals surface area contributed by atoms with Crippen LogP contribution in [0.5, 0.6) is 5.75 Å². The van der Waals surface area contributed by atoms with E-state index in [-0.39, 0.29) is 18.1 Å². The zero-order chi connectivity index (χ0) is 15.8. The first-order chi connectivity index (χ1) is 9.92. The number of aliphatic carboxylic acids is 1. The Hall–Kier alpha value is -2.08. The molecular formula is C15H22N2O4. The maximum absolute atomic E-state index is 12.0. The molecule has 0 aliphatic carbocycles. The number of nitrogens with one attached hydrogen (secondary N) is 1. The highest BCUT2D eigenvalue weighted by molar-refractivity contribution is 5.82. The molecule has 0 aromatic heterocycles. The van der Waals surface area contributed by atoms with E-state index in [0.29, 0.717) is 12.8 Å². The molecule has 0 aliphatic rings. The Balaban J connectivity index is 2.55. The summed E-state index contributed by atoms with van der Waals surface area (Å²) < 4.78 is 0. The summed E-state index contributed by atoms with van der Waals surface area (Å²) in [5.41, 5.74) is 6.67. The molecule has 21 heavy (non-hydrogen) atoms. The number of amides is 1. The molecule has 1 rings (SSSR count). The molecule has 0 saturated heterocycles. The van der Waals surface area contributed by atoms with Crippen molar-refractivity contribution in [3.05, 3.63) is 29.8 Å². The summed E-state index contributed by atoms with van der Waals surface area (Å²) >= 11 is 0. The van der Waals surface area contributed by atoms with Gasteiger partial charge in [-0.2, -0.15) is 0 Å². The largest absolute Gasteiger partial charge is 0.508 e. The number of hydrogen-bond donors (Lipinski definition) is 4. The number of benzene rings is 1. The van der Waals surface area contributed by atoms with Crippen molar-refractivity contribution < 1.29 is 19.8 Å². The van der Waals surface area contributed by atoms with E-state index in [1.807, 2.05) is 6.92 Å². The van der Waals surface area contributed by atoms with Crippen molar-refractivity contribution in [2.75, 3.05) is 0 Å². The number of hydrogen-bond acceptors (Lipinski definition) is 4. The van der Waals surface area contributed by atoms with E-state index in [1.165, 1.54) is 12.1 Å². The van der Waals surface area contributed by atoms with Crippen LogP contribution in [0.15, 0.2) is 24.3 Å². The Morgan fingerprint density at radius 2 is 1.90 bits per heavy atom. The molecule has 0 saturated carbocycles. The lowest BCUT2D eigenvalue weighted by atomic mass is 10.0. The molecule has 6 nitrogen and oxygen atoms in total. The Bertz CT molecular complexity index is 473. The molecule has 0 aliphatic heterocycles. The molecule has 1 aromatic carbocycles. The molecule has 0 radical (unpaired) electrons. The third kappa shape index (κ3) is 6.27. The Kier molecular flexibility index (Phi) is 6.68. The van der Waals surface area contributed by atoms with Crippen LogP contribution in [0.4, 0.5) is 0 Å². The van der Waals surface area contributed by atoms with E-state index in [9.17, 15) is 14.7 Å². The first kappa shape index (κ1) is 17.0. The average Bonchev–Trinajstić information content (AvgIpc) is 2.40. The van der Waals surface area contributed by atoms with Gasteiger partial charge in [-0.25, -0.2) is 0 Å². The van der Waals surface area contributed by atoms with Gasteiger partial charge in [0.2, 0.25) is 5.91 Å². The van der Waals surface area contributed by atoms with Gasteiger partial charge in [-0.1, -0.05) is 25.5 Å². The number of aromatic hydroxyl groups is 1. The Morgan fingerprint density at radius 1 is 1.29 bits per heavy atom. The van der Waals surface area contributed by atoms with Gasteiger partial charge in [0, 0.05) is 6.04 Å². The predicted octanol–water partition coefficient (Wildman–Crippen LogP) is 1.02. The van der Waals surface area contributed by atoms with Gasteiger partial charge in [-0.15, -0.1) is 0 Å². The van der Waals surface area contributed by atoms with Crippen LogP contribution in [0.2, 0.25) is 0 Å². The fourth-order valence-electron chi connectivity index (χ4n) is 2.07. The van der Waals surface area contributed by atoms with Crippen molar-refractivity contribution in [2.24, 2.45) is 5.73 Å². The van der Waals surface area contributed by atoms with Crippen LogP contribution in [-0.4, -0.2) is 34.2 Å². The number of phenolic OH excluding ortho intramolecular Hbond substituents is 1. The predicted molar refractivity (Wildman–Crippen MR) is 78.9 cm³/mol. The van der Waals surface area contributed by atoms with Crippen LogP contribution in [0.3, 0.4) is 0 Å². The van der Waals surface area contributed by atoms with Crippen LogP contribution in [0, 0.1) is 0 Å². The Morgan fingerprint density at radius 3 is 2.43 bits per heavy atom. The summed E-state index contributed by atoms with van der Waals surface area (Å²) in [6.07, 6.45) is 1.61. The van der Waals surface area contributed by atoms with Crippen molar-refractivity contribution in [1.29, 1.82) is 0 Å². The quantitative estimate of drug-likeness (QED) is 0.572. The highest BCUT2D eigenvalue weighted by Gasteiger charge is 2.19. The second-order valence-electron chi connectivity index (χ2n) is 5.07. The monoisotopic (exact) mass is 294 g/mol. The number of carbonyl (C=O) groups is 2. The van der Waals surface area contributed by atoms with Gasteiger partial charge in [0.1, 0.15) is 5.75 Å². The van der Waals surface area contributed by atoms with E-state index in [1.54, 1.807) is 12.1 Å². The molecule has 0 spiro atoms. The lowest BCUT2D eigenvalue weighted by Crippen LogP contribution is -2.47. The van der Waals surface area contributed by atoms with Crippen LogP contribution >= 0.6 is 0 Å². The number of carboxylic acid groups (broad SMARTS) is 1. The molecule has 116 valence electrons. The van der Waals surface area contributed by atoms with E-state index in [4.69, 9.17) is 10.8 Å². The van der Waals surface area contributed by atoms with Gasteiger partial charge < -0.3 is 21.3 Å². The number of phenols is 1. The summed E-state index contributed by atoms with van der Waals surface area (Å²) in [7, 11) is 0. The summed E-state index contributed by atoms with van der Waals surface area (Å²) in [6.45, 7) is 1.93. The molecule has 0 heterocycles. The molecule has 0 fully saturated rings. The van der Waals surface area contributed by atoms with E-state index in [0.717, 1.165) is 12.0 Å². The zero-order valence-corrected chi connectivity index (χ0v) is 12.1. The highest BCUT2D eigenvalue weighted by Crippen LogP contribution is 2.11. The lowest BCUT2D eigenvalue weighted by Gasteiger charge is -2.19. The summed E-state index contributed by atoms with van der Waals surface area (Å²) in [5.74, 6) is -1.15. The standard InChI is InChI=1S/C15H22N2O4/c1-2-3-11(9-14(19)20)17-15(21)13(16)8-10-4-6-12(18)7-5-10/h4-7,11,13,18H,2-3,8-9,16H2,1H3,(H,17,21)(H,19,20). The number of nitrogens with two attached hydrogens (primary N) is 1. The molecule has 2 atom stereocenters. The summed E-state index contributed by atoms with van der Waals surface area (Å²) in [5, 5.41) is 20.7. The maximum Gasteiger partial charge on any atom is 0.305 e. The van der Waals surface area contributed by atoms with Crippen molar-refractivity contribution in [1.82, 2.24) is 5.32 Å². The first-order valence-corrected chi connectivity index (χ1v) is 6.98. The lowest BCUT2D eigenvalue weighted by molar-refractivity contribution is -0.137. The average molecular weight is 294 g/mol. The van der Waals surface area contributed by atoms with Gasteiger partial charge in [0.25, 0.3) is 0 Å². The highest BCUT2D eigenvalue weighted by atomic mass is 16.4. The van der Waals surface area contributed by atoms with Crippen molar-refractivity contribution in [2.45, 2.75) is 44.7 Å². The second-order valence-corrected chi connectivity index (χ2v) is 5.07. The van der Waals surface area contributed by atoms with Gasteiger partial charge in [-0.05, 0) is 30.5 Å². The first-order valence-electron chi connectivity index (χ1n) is 6.98. The molecule has 2 unspecified atom stereocenters.